The Bertz CT molecular complexity index is 1000. The molecule has 2 aromatic heterocycles. The van der Waals surface area contributed by atoms with Crippen molar-refractivity contribution in [1.29, 1.82) is 0 Å². The molecule has 3 rings (SSSR count). The molecule has 0 bridgehead atoms. The first-order chi connectivity index (χ1) is 13.2. The molecule has 0 aliphatic rings. The van der Waals surface area contributed by atoms with E-state index in [4.69, 9.17) is 4.74 Å². The third-order valence-corrected chi connectivity index (χ3v) is 4.04. The number of fused-ring (bicyclic) bond motifs is 1. The minimum Gasteiger partial charge on any atom is -0.471 e. The van der Waals surface area contributed by atoms with E-state index in [1.165, 1.54) is 12.4 Å². The molecular weight excluding hydrogens is 366 g/mol. The lowest BCUT2D eigenvalue weighted by molar-refractivity contribution is -0.0244. The summed E-state index contributed by atoms with van der Waals surface area (Å²) < 4.78 is 30.9. The number of aryl methyl sites for hydroxylation is 1. The topological polar surface area (TPSA) is 77.0 Å². The number of nitrogens with one attached hydrogen (secondary N) is 1. The molecule has 0 fully saturated rings. The number of para-hydroxylation sites is 2. The van der Waals surface area contributed by atoms with Crippen molar-refractivity contribution >= 4 is 16.9 Å². The Kier molecular flexibility index (Phi) is 5.48. The molecule has 2 heterocycles. The maximum atomic E-state index is 12.9. The fourth-order valence-electron chi connectivity index (χ4n) is 2.59. The van der Waals surface area contributed by atoms with Crippen molar-refractivity contribution in [2.75, 3.05) is 6.61 Å². The maximum Gasteiger partial charge on any atom is 0.278 e. The number of hydrogen-bond donors (Lipinski definition) is 1. The van der Waals surface area contributed by atoms with Crippen LogP contribution in [0.15, 0.2) is 42.7 Å². The average molecular weight is 386 g/mol. The van der Waals surface area contributed by atoms with Crippen molar-refractivity contribution in [2.24, 2.45) is 0 Å². The van der Waals surface area contributed by atoms with Gasteiger partial charge in [0.05, 0.1) is 23.3 Å². The second kappa shape index (κ2) is 7.84. The Morgan fingerprint density at radius 2 is 1.93 bits per heavy atom. The number of amides is 1. The second-order valence-corrected chi connectivity index (χ2v) is 6.69. The van der Waals surface area contributed by atoms with E-state index < -0.39 is 12.5 Å². The normalized spacial score (nSPS) is 12.6. The predicted molar refractivity (Wildman–Crippen MR) is 101 cm³/mol. The monoisotopic (exact) mass is 386 g/mol. The molecule has 0 spiro atoms. The average Bonchev–Trinajstić information content (AvgIpc) is 2.65. The number of pyridine rings is 1. The lowest BCUT2D eigenvalue weighted by atomic mass is 10.1. The van der Waals surface area contributed by atoms with Gasteiger partial charge in [0.15, 0.2) is 6.61 Å². The molecule has 0 aliphatic carbocycles. The number of carbonyl (C=O) groups excluding carboxylic acids is 1. The number of carbonyl (C=O) groups is 1. The molecule has 1 N–H and O–H groups in total. The smallest absolute Gasteiger partial charge is 0.278 e. The fraction of sp³-hybridized carbons (Fsp3) is 0.300. The molecule has 6 nitrogen and oxygen atoms in total. The van der Waals surface area contributed by atoms with Crippen LogP contribution in [0, 0.1) is 6.92 Å². The molecule has 1 atom stereocenters. The minimum atomic E-state index is -2.94. The van der Waals surface area contributed by atoms with Gasteiger partial charge in [0.1, 0.15) is 5.69 Å². The van der Waals surface area contributed by atoms with E-state index in [0.29, 0.717) is 16.6 Å². The molecule has 0 aliphatic heterocycles. The Balaban J connectivity index is 1.70. The number of halogens is 2. The summed E-state index contributed by atoms with van der Waals surface area (Å²) in [6, 6.07) is 8.66. The highest BCUT2D eigenvalue weighted by molar-refractivity contribution is 5.94. The van der Waals surface area contributed by atoms with Crippen molar-refractivity contribution < 1.29 is 18.3 Å². The molecule has 146 valence electrons. The first kappa shape index (κ1) is 19.6. The highest BCUT2D eigenvalue weighted by atomic mass is 19.3. The van der Waals surface area contributed by atoms with Crippen LogP contribution in [0.25, 0.3) is 11.0 Å². The molecule has 1 amide bonds. The molecule has 1 unspecified atom stereocenters. The van der Waals surface area contributed by atoms with E-state index >= 15 is 0 Å². The number of rotatable bonds is 6. The van der Waals surface area contributed by atoms with Crippen LogP contribution in [0.2, 0.25) is 0 Å². The lowest BCUT2D eigenvalue weighted by Gasteiger charge is -2.17. The summed E-state index contributed by atoms with van der Waals surface area (Å²) in [5.74, 6) is -3.16. The van der Waals surface area contributed by atoms with E-state index in [1.54, 1.807) is 26.0 Å². The van der Waals surface area contributed by atoms with Crippen LogP contribution in [0.4, 0.5) is 8.78 Å². The quantitative estimate of drug-likeness (QED) is 0.696. The molecule has 0 radical (unpaired) electrons. The van der Waals surface area contributed by atoms with Crippen molar-refractivity contribution in [2.45, 2.75) is 32.7 Å². The summed E-state index contributed by atoms with van der Waals surface area (Å²) in [6.07, 6.45) is 2.92. The third kappa shape index (κ3) is 4.76. The van der Waals surface area contributed by atoms with Gasteiger partial charge in [-0.2, -0.15) is 0 Å². The molecule has 8 heteroatoms. The zero-order valence-corrected chi connectivity index (χ0v) is 15.7. The lowest BCUT2D eigenvalue weighted by Crippen LogP contribution is -2.28. The fourth-order valence-corrected chi connectivity index (χ4v) is 2.59. The number of hydrogen-bond acceptors (Lipinski definition) is 5. The first-order valence-corrected chi connectivity index (χ1v) is 8.73. The van der Waals surface area contributed by atoms with E-state index in [0.717, 1.165) is 12.5 Å². The summed E-state index contributed by atoms with van der Waals surface area (Å²) in [5, 5.41) is 2.84. The van der Waals surface area contributed by atoms with E-state index in [-0.39, 0.29) is 23.5 Å². The van der Waals surface area contributed by atoms with Gasteiger partial charge in [-0.3, -0.25) is 9.78 Å². The molecule has 28 heavy (non-hydrogen) atoms. The van der Waals surface area contributed by atoms with Crippen LogP contribution >= 0.6 is 0 Å². The SMILES string of the molecule is Cc1cc(C(C)NC(=O)c2cnc3ccccc3n2)cnc1OCC(C)(F)F. The Morgan fingerprint density at radius 1 is 1.21 bits per heavy atom. The summed E-state index contributed by atoms with van der Waals surface area (Å²) in [6.45, 7) is 3.55. The van der Waals surface area contributed by atoms with Gasteiger partial charge in [-0.1, -0.05) is 12.1 Å². The van der Waals surface area contributed by atoms with Crippen LogP contribution in [0.3, 0.4) is 0 Å². The third-order valence-electron chi connectivity index (χ3n) is 4.04. The van der Waals surface area contributed by atoms with Gasteiger partial charge in [-0.15, -0.1) is 0 Å². The van der Waals surface area contributed by atoms with E-state index in [2.05, 4.69) is 20.3 Å². The van der Waals surface area contributed by atoms with Gasteiger partial charge in [-0.05, 0) is 37.6 Å². The van der Waals surface area contributed by atoms with Crippen molar-refractivity contribution in [3.8, 4) is 5.88 Å². The van der Waals surface area contributed by atoms with E-state index in [9.17, 15) is 13.6 Å². The summed E-state index contributed by atoms with van der Waals surface area (Å²) in [5.41, 5.74) is 2.87. The Morgan fingerprint density at radius 3 is 2.61 bits per heavy atom. The molecule has 0 saturated carbocycles. The van der Waals surface area contributed by atoms with Gasteiger partial charge in [-0.25, -0.2) is 18.7 Å². The van der Waals surface area contributed by atoms with Gasteiger partial charge >= 0.3 is 0 Å². The van der Waals surface area contributed by atoms with Gasteiger partial charge in [0.25, 0.3) is 11.8 Å². The maximum absolute atomic E-state index is 12.9. The predicted octanol–water partition coefficient (Wildman–Crippen LogP) is 3.86. The van der Waals surface area contributed by atoms with E-state index in [1.807, 2.05) is 18.2 Å². The number of ether oxygens (including phenoxy) is 1. The largest absolute Gasteiger partial charge is 0.471 e. The number of alkyl halides is 2. The number of aromatic nitrogens is 3. The summed E-state index contributed by atoms with van der Waals surface area (Å²) in [7, 11) is 0. The highest BCUT2D eigenvalue weighted by Gasteiger charge is 2.23. The van der Waals surface area contributed by atoms with Crippen LogP contribution < -0.4 is 10.1 Å². The van der Waals surface area contributed by atoms with Crippen molar-refractivity contribution in [3.63, 3.8) is 0 Å². The summed E-state index contributed by atoms with van der Waals surface area (Å²) >= 11 is 0. The summed E-state index contributed by atoms with van der Waals surface area (Å²) in [4.78, 5) is 25.1. The van der Waals surface area contributed by atoms with Crippen LogP contribution in [-0.4, -0.2) is 33.4 Å². The highest BCUT2D eigenvalue weighted by Crippen LogP contribution is 2.22. The van der Waals surface area contributed by atoms with Gasteiger partial charge < -0.3 is 10.1 Å². The van der Waals surface area contributed by atoms with Crippen LogP contribution in [-0.2, 0) is 0 Å². The standard InChI is InChI=1S/C20H20F2N4O2/c1-12-8-14(9-24-19(12)28-11-20(3,21)22)13(2)25-18(27)17-10-23-15-6-4-5-7-16(15)26-17/h4-10,13H,11H2,1-3H3,(H,25,27). The van der Waals surface area contributed by atoms with Crippen molar-refractivity contribution in [3.05, 3.63) is 59.5 Å². The Hall–Kier alpha value is -3.16. The van der Waals surface area contributed by atoms with Gasteiger partial charge in [0, 0.05) is 18.7 Å². The molecule has 3 aromatic rings. The molecule has 1 aromatic carbocycles. The van der Waals surface area contributed by atoms with Crippen molar-refractivity contribution in [1.82, 2.24) is 20.3 Å². The minimum absolute atomic E-state index is 0.143. The zero-order valence-electron chi connectivity index (χ0n) is 15.7. The Labute approximate surface area is 161 Å². The van der Waals surface area contributed by atoms with Crippen LogP contribution in [0.5, 0.6) is 5.88 Å². The van der Waals surface area contributed by atoms with Crippen LogP contribution in [0.1, 0.15) is 41.5 Å². The zero-order chi connectivity index (χ0) is 20.3. The molecule has 0 saturated heterocycles. The molecular formula is C20H20F2N4O2. The second-order valence-electron chi connectivity index (χ2n) is 6.69. The number of benzene rings is 1. The van der Waals surface area contributed by atoms with Gasteiger partial charge in [0.2, 0.25) is 5.88 Å². The number of nitrogens with zero attached hydrogens (tertiary/aromatic N) is 3. The first-order valence-electron chi connectivity index (χ1n) is 8.73.